The Morgan fingerprint density at radius 2 is 1.88 bits per heavy atom. The van der Waals surface area contributed by atoms with Crippen molar-refractivity contribution in [2.45, 2.75) is 50.4 Å². The highest BCUT2D eigenvalue weighted by atomic mass is 32.2. The van der Waals surface area contributed by atoms with Crippen LogP contribution in [-0.2, 0) is 27.4 Å². The zero-order valence-electron chi connectivity index (χ0n) is 22.6. The lowest BCUT2D eigenvalue weighted by Gasteiger charge is -2.34. The molecule has 3 aliphatic rings. The van der Waals surface area contributed by atoms with Crippen molar-refractivity contribution >= 4 is 27.7 Å². The molecule has 41 heavy (non-hydrogen) atoms. The summed E-state index contributed by atoms with van der Waals surface area (Å²) in [5.74, 6) is -0.608. The summed E-state index contributed by atoms with van der Waals surface area (Å²) in [5, 5.41) is 2.59. The Kier molecular flexibility index (Phi) is 7.72. The molecule has 9 nitrogen and oxygen atoms in total. The van der Waals surface area contributed by atoms with Crippen molar-refractivity contribution < 1.29 is 31.2 Å². The minimum absolute atomic E-state index is 0.0126. The molecule has 2 fully saturated rings. The largest absolute Gasteiger partial charge is 0.416 e. The summed E-state index contributed by atoms with van der Waals surface area (Å²) >= 11 is 0. The van der Waals surface area contributed by atoms with Crippen molar-refractivity contribution in [3.8, 4) is 0 Å². The molecule has 13 heteroatoms. The van der Waals surface area contributed by atoms with E-state index in [2.05, 4.69) is 10.3 Å². The van der Waals surface area contributed by atoms with E-state index in [1.807, 2.05) is 6.92 Å². The van der Waals surface area contributed by atoms with Gasteiger partial charge in [-0.05, 0) is 68.0 Å². The first-order valence-corrected chi connectivity index (χ1v) is 15.1. The average Bonchev–Trinajstić information content (AvgIpc) is 3.50. The number of sulfonamides is 1. The molecule has 0 aliphatic carbocycles. The highest BCUT2D eigenvalue weighted by molar-refractivity contribution is 7.89. The van der Waals surface area contributed by atoms with Crippen molar-refractivity contribution in [1.29, 1.82) is 0 Å². The van der Waals surface area contributed by atoms with Gasteiger partial charge in [0.05, 0.1) is 11.3 Å². The van der Waals surface area contributed by atoms with Gasteiger partial charge >= 0.3 is 6.18 Å². The lowest BCUT2D eigenvalue weighted by molar-refractivity contribution is -0.137. The third kappa shape index (κ3) is 6.02. The van der Waals surface area contributed by atoms with Crippen LogP contribution in [0.15, 0.2) is 47.5 Å². The van der Waals surface area contributed by atoms with E-state index in [1.165, 1.54) is 16.4 Å². The number of alkyl halides is 3. The predicted octanol–water partition coefficient (Wildman–Crippen LogP) is 2.47. The fourth-order valence-electron chi connectivity index (χ4n) is 5.60. The van der Waals surface area contributed by atoms with Gasteiger partial charge in [0.25, 0.3) is 11.8 Å². The van der Waals surface area contributed by atoms with Crippen LogP contribution in [0.1, 0.15) is 51.9 Å². The van der Waals surface area contributed by atoms with Crippen molar-refractivity contribution in [3.63, 3.8) is 0 Å². The molecule has 2 amide bonds. The van der Waals surface area contributed by atoms with Gasteiger partial charge in [0, 0.05) is 43.3 Å². The molecule has 1 spiro atoms. The van der Waals surface area contributed by atoms with Crippen LogP contribution in [-0.4, -0.2) is 78.8 Å². The minimum atomic E-state index is -4.53. The van der Waals surface area contributed by atoms with Gasteiger partial charge in [-0.25, -0.2) is 12.7 Å². The maximum atomic E-state index is 13.2. The molecule has 0 aromatic heterocycles. The molecule has 0 bridgehead atoms. The molecular formula is C28H32F3N5O4S. The Bertz CT molecular complexity index is 1500. The summed E-state index contributed by atoms with van der Waals surface area (Å²) in [6.45, 7) is 3.13. The van der Waals surface area contributed by atoms with E-state index < -0.39 is 33.2 Å². The number of amidine groups is 1. The zero-order chi connectivity index (χ0) is 29.6. The molecule has 2 aromatic carbocycles. The number of amides is 2. The lowest BCUT2D eigenvalue weighted by atomic mass is 9.89. The molecule has 2 aromatic rings. The van der Waals surface area contributed by atoms with Crippen LogP contribution >= 0.6 is 0 Å². The molecule has 1 unspecified atom stereocenters. The molecule has 2 saturated heterocycles. The van der Waals surface area contributed by atoms with Crippen LogP contribution in [0.5, 0.6) is 0 Å². The molecule has 3 N–H and O–H groups in total. The third-order valence-electron chi connectivity index (χ3n) is 8.12. The fraction of sp³-hybridized carbons (Fsp3) is 0.464. The number of benzene rings is 2. The number of rotatable bonds is 6. The van der Waals surface area contributed by atoms with Crippen LogP contribution in [0, 0.1) is 6.92 Å². The van der Waals surface area contributed by atoms with Gasteiger partial charge in [-0.1, -0.05) is 18.2 Å². The van der Waals surface area contributed by atoms with Gasteiger partial charge in [0.15, 0.2) is 0 Å². The number of hydrogen-bond acceptors (Lipinski definition) is 6. The van der Waals surface area contributed by atoms with Gasteiger partial charge < -0.3 is 16.0 Å². The molecule has 0 radical (unpaired) electrons. The summed E-state index contributed by atoms with van der Waals surface area (Å²) in [5.41, 5.74) is 6.19. The molecule has 5 rings (SSSR count). The molecule has 0 saturated carbocycles. The van der Waals surface area contributed by atoms with Gasteiger partial charge in [-0.3, -0.25) is 14.6 Å². The fourth-order valence-corrected chi connectivity index (χ4v) is 7.08. The SMILES string of the molecule is Cc1cc(C(=O)N2CCC(N)C2)ccc1CCS(=O)(=O)N1CCC2(CC1)N=C(c1cccc(C(F)(F)F)c1)NC2=O. The number of nitrogens with zero attached hydrogens (tertiary/aromatic N) is 3. The highest BCUT2D eigenvalue weighted by Gasteiger charge is 2.47. The Labute approximate surface area is 236 Å². The van der Waals surface area contributed by atoms with E-state index in [4.69, 9.17) is 5.73 Å². The second kappa shape index (κ2) is 10.8. The van der Waals surface area contributed by atoms with Crippen molar-refractivity contribution in [2.75, 3.05) is 31.9 Å². The topological polar surface area (TPSA) is 125 Å². The number of piperidine rings is 1. The van der Waals surface area contributed by atoms with Crippen molar-refractivity contribution in [2.24, 2.45) is 10.7 Å². The Balaban J connectivity index is 1.21. The summed E-state index contributed by atoms with van der Waals surface area (Å²) in [6, 6.07) is 9.84. The van der Waals surface area contributed by atoms with Crippen LogP contribution in [0.2, 0.25) is 0 Å². The number of nitrogens with two attached hydrogens (primary N) is 1. The van der Waals surface area contributed by atoms with Crippen molar-refractivity contribution in [1.82, 2.24) is 14.5 Å². The van der Waals surface area contributed by atoms with Crippen LogP contribution in [0.3, 0.4) is 0 Å². The number of carbonyl (C=O) groups is 2. The normalized spacial score (nSPS) is 21.3. The Morgan fingerprint density at radius 1 is 1.15 bits per heavy atom. The molecular weight excluding hydrogens is 559 g/mol. The molecule has 220 valence electrons. The van der Waals surface area contributed by atoms with E-state index in [0.29, 0.717) is 18.7 Å². The smallest absolute Gasteiger partial charge is 0.337 e. The van der Waals surface area contributed by atoms with Gasteiger partial charge in [-0.15, -0.1) is 0 Å². The van der Waals surface area contributed by atoms with E-state index in [-0.39, 0.29) is 61.5 Å². The lowest BCUT2D eigenvalue weighted by Crippen LogP contribution is -2.50. The first-order valence-electron chi connectivity index (χ1n) is 13.5. The van der Waals surface area contributed by atoms with Gasteiger partial charge in [-0.2, -0.15) is 13.2 Å². The first-order chi connectivity index (χ1) is 19.3. The maximum absolute atomic E-state index is 13.2. The van der Waals surface area contributed by atoms with Crippen LogP contribution < -0.4 is 11.1 Å². The minimum Gasteiger partial charge on any atom is -0.337 e. The number of carbonyl (C=O) groups excluding carboxylic acids is 2. The number of hydrogen-bond donors (Lipinski definition) is 2. The third-order valence-corrected chi connectivity index (χ3v) is 9.99. The van der Waals surface area contributed by atoms with E-state index in [0.717, 1.165) is 29.7 Å². The Hall–Kier alpha value is -3.29. The summed E-state index contributed by atoms with van der Waals surface area (Å²) in [7, 11) is -3.66. The zero-order valence-corrected chi connectivity index (χ0v) is 23.4. The van der Waals surface area contributed by atoms with Gasteiger partial charge in [0.2, 0.25) is 10.0 Å². The van der Waals surface area contributed by atoms with Crippen LogP contribution in [0.25, 0.3) is 0 Å². The monoisotopic (exact) mass is 591 g/mol. The second-order valence-electron chi connectivity index (χ2n) is 10.9. The van der Waals surface area contributed by atoms with Crippen LogP contribution in [0.4, 0.5) is 13.2 Å². The molecule has 3 aliphatic heterocycles. The standard InChI is InChI=1S/C28H32F3N5O4S/c1-18-15-21(25(37)35-11-7-23(32)17-35)6-5-19(18)8-14-41(39,40)36-12-9-27(10-13-36)26(38)33-24(34-27)20-3-2-4-22(16-20)28(29,30)31/h2-6,15-16,23H,7-14,17,32H2,1H3,(H,33,34,38). The van der Waals surface area contributed by atoms with Crippen molar-refractivity contribution in [3.05, 3.63) is 70.3 Å². The number of likely N-dealkylation sites (tertiary alicyclic amines) is 1. The highest BCUT2D eigenvalue weighted by Crippen LogP contribution is 2.34. The quantitative estimate of drug-likeness (QED) is 0.534. The summed E-state index contributed by atoms with van der Waals surface area (Å²) in [6.07, 6.45) is -3.26. The maximum Gasteiger partial charge on any atom is 0.416 e. The Morgan fingerprint density at radius 3 is 2.51 bits per heavy atom. The summed E-state index contributed by atoms with van der Waals surface area (Å²) in [4.78, 5) is 31.8. The average molecular weight is 592 g/mol. The number of halogens is 3. The number of aryl methyl sites for hydroxylation is 2. The second-order valence-corrected chi connectivity index (χ2v) is 13.0. The van der Waals surface area contributed by atoms with E-state index in [9.17, 15) is 31.2 Å². The van der Waals surface area contributed by atoms with Gasteiger partial charge in [0.1, 0.15) is 11.4 Å². The number of nitrogens with one attached hydrogen (secondary N) is 1. The number of aliphatic imine (C=N–C) groups is 1. The van der Waals surface area contributed by atoms with E-state index >= 15 is 0 Å². The molecule has 1 atom stereocenters. The molecule has 3 heterocycles. The first kappa shape index (κ1) is 29.2. The van der Waals surface area contributed by atoms with E-state index in [1.54, 1.807) is 23.1 Å². The summed E-state index contributed by atoms with van der Waals surface area (Å²) < 4.78 is 67.1. The predicted molar refractivity (Wildman–Crippen MR) is 147 cm³/mol.